The van der Waals surface area contributed by atoms with Gasteiger partial charge in [-0.3, -0.25) is 0 Å². The highest BCUT2D eigenvalue weighted by Crippen LogP contribution is 2.44. The zero-order valence-electron chi connectivity index (χ0n) is 13.7. The summed E-state index contributed by atoms with van der Waals surface area (Å²) >= 11 is 0. The lowest BCUT2D eigenvalue weighted by molar-refractivity contribution is 0.319. The summed E-state index contributed by atoms with van der Waals surface area (Å²) in [5.74, 6) is 1.05. The van der Waals surface area contributed by atoms with E-state index in [1.165, 1.54) is 36.8 Å². The molecular weight excluding hydrogens is 246 g/mol. The first-order valence-corrected chi connectivity index (χ1v) is 7.76. The predicted molar refractivity (Wildman–Crippen MR) is 85.6 cm³/mol. The third-order valence-corrected chi connectivity index (χ3v) is 4.44. The molecule has 112 valence electrons. The maximum atomic E-state index is 5.64. The Labute approximate surface area is 123 Å². The number of methoxy groups -OCH3 is 1. The van der Waals surface area contributed by atoms with Crippen LogP contribution in [-0.2, 0) is 5.41 Å². The molecule has 1 aromatic carbocycles. The average Bonchev–Trinajstić information content (AvgIpc) is 2.85. The zero-order chi connectivity index (χ0) is 14.8. The minimum Gasteiger partial charge on any atom is -0.496 e. The Kier molecular flexibility index (Phi) is 4.43. The molecule has 0 atom stereocenters. The molecule has 0 heterocycles. The van der Waals surface area contributed by atoms with Crippen LogP contribution >= 0.6 is 0 Å². The van der Waals surface area contributed by atoms with E-state index in [2.05, 4.69) is 51.2 Å². The van der Waals surface area contributed by atoms with E-state index in [0.717, 1.165) is 12.3 Å². The second-order valence-corrected chi connectivity index (χ2v) is 7.29. The van der Waals surface area contributed by atoms with Crippen LogP contribution in [0, 0.1) is 6.92 Å². The Morgan fingerprint density at radius 2 is 1.85 bits per heavy atom. The van der Waals surface area contributed by atoms with Gasteiger partial charge in [-0.2, -0.15) is 0 Å². The van der Waals surface area contributed by atoms with Gasteiger partial charge in [-0.25, -0.2) is 0 Å². The number of nitrogens with one attached hydrogen (secondary N) is 1. The number of hydrogen-bond donors (Lipinski definition) is 1. The van der Waals surface area contributed by atoms with E-state index in [1.807, 2.05) is 0 Å². The van der Waals surface area contributed by atoms with Crippen molar-refractivity contribution in [3.63, 3.8) is 0 Å². The van der Waals surface area contributed by atoms with Gasteiger partial charge in [0.1, 0.15) is 5.75 Å². The van der Waals surface area contributed by atoms with Crippen molar-refractivity contribution in [2.24, 2.45) is 0 Å². The number of benzene rings is 1. The van der Waals surface area contributed by atoms with Crippen LogP contribution < -0.4 is 10.1 Å². The lowest BCUT2D eigenvalue weighted by Crippen LogP contribution is -2.45. The van der Waals surface area contributed by atoms with Crippen LogP contribution in [0.2, 0.25) is 0 Å². The molecule has 0 unspecified atom stereocenters. The first-order chi connectivity index (χ1) is 9.36. The van der Waals surface area contributed by atoms with Gasteiger partial charge in [0.2, 0.25) is 0 Å². The van der Waals surface area contributed by atoms with Gasteiger partial charge in [0.05, 0.1) is 7.11 Å². The second kappa shape index (κ2) is 5.77. The molecule has 1 aliphatic carbocycles. The molecular formula is C18H29NO. The highest BCUT2D eigenvalue weighted by Gasteiger charge is 2.38. The maximum Gasteiger partial charge on any atom is 0.122 e. The maximum absolute atomic E-state index is 5.64. The van der Waals surface area contributed by atoms with Gasteiger partial charge in [0, 0.05) is 23.1 Å². The molecule has 2 heteroatoms. The minimum atomic E-state index is 0.159. The van der Waals surface area contributed by atoms with Crippen LogP contribution in [-0.4, -0.2) is 19.2 Å². The smallest absolute Gasteiger partial charge is 0.122 e. The molecule has 0 saturated heterocycles. The fraction of sp³-hybridized carbons (Fsp3) is 0.667. The Morgan fingerprint density at radius 3 is 2.40 bits per heavy atom. The lowest BCUT2D eigenvalue weighted by atomic mass is 9.77. The highest BCUT2D eigenvalue weighted by molar-refractivity contribution is 5.43. The molecule has 2 rings (SSSR count). The zero-order valence-corrected chi connectivity index (χ0v) is 13.7. The molecule has 1 N–H and O–H groups in total. The van der Waals surface area contributed by atoms with Crippen LogP contribution in [0.1, 0.15) is 57.6 Å². The third-order valence-electron chi connectivity index (χ3n) is 4.44. The van der Waals surface area contributed by atoms with Crippen molar-refractivity contribution in [3.8, 4) is 5.75 Å². The molecule has 0 radical (unpaired) electrons. The van der Waals surface area contributed by atoms with E-state index in [1.54, 1.807) is 7.11 Å². The van der Waals surface area contributed by atoms with E-state index in [4.69, 9.17) is 4.74 Å². The summed E-state index contributed by atoms with van der Waals surface area (Å²) in [5, 5.41) is 3.72. The van der Waals surface area contributed by atoms with E-state index in [-0.39, 0.29) is 11.0 Å². The molecule has 1 fully saturated rings. The molecule has 2 nitrogen and oxygen atoms in total. The summed E-state index contributed by atoms with van der Waals surface area (Å²) in [6.45, 7) is 9.93. The second-order valence-electron chi connectivity index (χ2n) is 7.29. The van der Waals surface area contributed by atoms with Crippen LogP contribution in [0.5, 0.6) is 5.75 Å². The van der Waals surface area contributed by atoms with Gasteiger partial charge in [0.25, 0.3) is 0 Å². The van der Waals surface area contributed by atoms with Gasteiger partial charge in [-0.15, -0.1) is 0 Å². The predicted octanol–water partition coefficient (Wildman–Crippen LogP) is 4.20. The van der Waals surface area contributed by atoms with E-state index >= 15 is 0 Å². The molecule has 1 aromatic rings. The van der Waals surface area contributed by atoms with Crippen LogP contribution in [0.3, 0.4) is 0 Å². The Hall–Kier alpha value is -1.02. The Bertz CT molecular complexity index is 453. The number of hydrogen-bond acceptors (Lipinski definition) is 2. The number of ether oxygens (including phenoxy) is 1. The van der Waals surface area contributed by atoms with Crippen molar-refractivity contribution in [1.29, 1.82) is 0 Å². The van der Waals surface area contributed by atoms with Gasteiger partial charge in [-0.05, 0) is 46.6 Å². The topological polar surface area (TPSA) is 21.3 Å². The summed E-state index contributed by atoms with van der Waals surface area (Å²) in [4.78, 5) is 0. The Morgan fingerprint density at radius 1 is 1.20 bits per heavy atom. The van der Waals surface area contributed by atoms with Crippen molar-refractivity contribution < 1.29 is 4.74 Å². The van der Waals surface area contributed by atoms with Crippen molar-refractivity contribution in [2.45, 2.75) is 64.3 Å². The fourth-order valence-corrected chi connectivity index (χ4v) is 3.26. The van der Waals surface area contributed by atoms with Crippen molar-refractivity contribution in [2.75, 3.05) is 13.7 Å². The summed E-state index contributed by atoms with van der Waals surface area (Å²) in [7, 11) is 1.79. The van der Waals surface area contributed by atoms with Crippen molar-refractivity contribution in [3.05, 3.63) is 29.3 Å². The molecule has 1 saturated carbocycles. The quantitative estimate of drug-likeness (QED) is 0.889. The molecule has 1 aliphatic rings. The van der Waals surface area contributed by atoms with Crippen molar-refractivity contribution in [1.82, 2.24) is 5.32 Å². The van der Waals surface area contributed by atoms with Crippen LogP contribution in [0.4, 0.5) is 0 Å². The van der Waals surface area contributed by atoms with Crippen LogP contribution in [0.25, 0.3) is 0 Å². The molecule has 0 bridgehead atoms. The van der Waals surface area contributed by atoms with E-state index in [0.29, 0.717) is 0 Å². The monoisotopic (exact) mass is 275 g/mol. The number of aryl methyl sites for hydroxylation is 1. The van der Waals surface area contributed by atoms with E-state index in [9.17, 15) is 0 Å². The molecule has 20 heavy (non-hydrogen) atoms. The summed E-state index contributed by atoms with van der Waals surface area (Å²) in [6, 6.07) is 6.60. The summed E-state index contributed by atoms with van der Waals surface area (Å²) in [6.07, 6.45) is 5.16. The minimum absolute atomic E-state index is 0.159. The first kappa shape index (κ1) is 15.4. The lowest BCUT2D eigenvalue weighted by Gasteiger charge is -2.35. The Balaban J connectivity index is 2.35. The van der Waals surface area contributed by atoms with Crippen LogP contribution in [0.15, 0.2) is 18.2 Å². The molecule has 0 aromatic heterocycles. The number of rotatable bonds is 4. The third kappa shape index (κ3) is 3.35. The molecule has 0 amide bonds. The van der Waals surface area contributed by atoms with Crippen molar-refractivity contribution >= 4 is 0 Å². The van der Waals surface area contributed by atoms with Gasteiger partial charge in [-0.1, -0.05) is 30.5 Å². The standard InChI is InChI=1S/C18H29NO/c1-14-8-9-16(20-5)15(12-14)18(10-6-7-11-18)13-19-17(2,3)4/h8-9,12,19H,6-7,10-11,13H2,1-5H3. The molecule has 0 spiro atoms. The van der Waals surface area contributed by atoms with Gasteiger partial charge < -0.3 is 10.1 Å². The first-order valence-electron chi connectivity index (χ1n) is 7.76. The normalized spacial score (nSPS) is 18.2. The van der Waals surface area contributed by atoms with E-state index < -0.39 is 0 Å². The fourth-order valence-electron chi connectivity index (χ4n) is 3.26. The van der Waals surface area contributed by atoms with Gasteiger partial charge in [0.15, 0.2) is 0 Å². The summed E-state index contributed by atoms with van der Waals surface area (Å²) in [5.41, 5.74) is 3.12. The highest BCUT2D eigenvalue weighted by atomic mass is 16.5. The average molecular weight is 275 g/mol. The SMILES string of the molecule is COc1ccc(C)cc1C1(CNC(C)(C)C)CCCC1. The largest absolute Gasteiger partial charge is 0.496 e. The molecule has 0 aliphatic heterocycles. The van der Waals surface area contributed by atoms with Gasteiger partial charge >= 0.3 is 0 Å². The summed E-state index contributed by atoms with van der Waals surface area (Å²) < 4.78 is 5.64.